The number of fused-ring (bicyclic) bond motifs is 1. The van der Waals surface area contributed by atoms with Crippen LogP contribution in [0.15, 0.2) is 34.5 Å². The molecule has 0 saturated heterocycles. The first kappa shape index (κ1) is 13.9. The van der Waals surface area contributed by atoms with Gasteiger partial charge in [0.1, 0.15) is 5.82 Å². The SMILES string of the molecule is Fc1ccc(C2=Nn3c(nnc3C3CCCCC3)SC2)cc1. The Morgan fingerprint density at radius 2 is 1.82 bits per heavy atom. The second-order valence-corrected chi connectivity index (χ2v) is 6.77. The lowest BCUT2D eigenvalue weighted by atomic mass is 9.89. The van der Waals surface area contributed by atoms with E-state index in [-0.39, 0.29) is 5.82 Å². The van der Waals surface area contributed by atoms with Crippen LogP contribution in [0.5, 0.6) is 0 Å². The number of thioether (sulfide) groups is 1. The Morgan fingerprint density at radius 1 is 1.05 bits per heavy atom. The fourth-order valence-electron chi connectivity index (χ4n) is 3.14. The molecule has 1 fully saturated rings. The molecule has 1 aliphatic carbocycles. The Bertz CT molecular complexity index is 701. The van der Waals surface area contributed by atoms with Gasteiger partial charge >= 0.3 is 0 Å². The quantitative estimate of drug-likeness (QED) is 0.846. The summed E-state index contributed by atoms with van der Waals surface area (Å²) in [6.45, 7) is 0. The van der Waals surface area contributed by atoms with E-state index in [0.29, 0.717) is 5.92 Å². The molecule has 2 heterocycles. The van der Waals surface area contributed by atoms with E-state index in [1.807, 2.05) is 4.68 Å². The van der Waals surface area contributed by atoms with Crippen LogP contribution in [0.3, 0.4) is 0 Å². The third-order valence-corrected chi connectivity index (χ3v) is 5.27. The Hall–Kier alpha value is -1.69. The summed E-state index contributed by atoms with van der Waals surface area (Å²) >= 11 is 1.65. The molecule has 0 atom stereocenters. The summed E-state index contributed by atoms with van der Waals surface area (Å²) in [5.41, 5.74) is 1.91. The monoisotopic (exact) mass is 316 g/mol. The molecule has 0 radical (unpaired) electrons. The van der Waals surface area contributed by atoms with Crippen molar-refractivity contribution in [2.24, 2.45) is 5.10 Å². The van der Waals surface area contributed by atoms with Gasteiger partial charge in [-0.15, -0.1) is 10.2 Å². The van der Waals surface area contributed by atoms with Crippen LogP contribution < -0.4 is 0 Å². The van der Waals surface area contributed by atoms with Gasteiger partial charge in [0.05, 0.1) is 5.71 Å². The predicted molar refractivity (Wildman–Crippen MR) is 84.9 cm³/mol. The smallest absolute Gasteiger partial charge is 0.207 e. The van der Waals surface area contributed by atoms with Crippen molar-refractivity contribution in [3.63, 3.8) is 0 Å². The molecule has 22 heavy (non-hydrogen) atoms. The van der Waals surface area contributed by atoms with Crippen molar-refractivity contribution in [2.75, 3.05) is 5.75 Å². The van der Waals surface area contributed by atoms with Crippen molar-refractivity contribution in [2.45, 2.75) is 43.2 Å². The van der Waals surface area contributed by atoms with Crippen molar-refractivity contribution in [3.05, 3.63) is 41.5 Å². The van der Waals surface area contributed by atoms with Crippen LogP contribution in [-0.2, 0) is 0 Å². The van der Waals surface area contributed by atoms with E-state index in [9.17, 15) is 4.39 Å². The standard InChI is InChI=1S/C16H17FN4S/c17-13-8-6-11(7-9-13)14-10-22-16-19-18-15(21(16)20-14)12-4-2-1-3-5-12/h6-9,12H,1-5,10H2. The highest BCUT2D eigenvalue weighted by atomic mass is 32.2. The van der Waals surface area contributed by atoms with Gasteiger partial charge in [-0.05, 0) is 30.5 Å². The first-order valence-corrected chi connectivity index (χ1v) is 8.72. The van der Waals surface area contributed by atoms with Crippen molar-refractivity contribution >= 4 is 17.5 Å². The van der Waals surface area contributed by atoms with Gasteiger partial charge in [0.2, 0.25) is 5.16 Å². The summed E-state index contributed by atoms with van der Waals surface area (Å²) < 4.78 is 15.0. The number of nitrogens with zero attached hydrogens (tertiary/aromatic N) is 4. The van der Waals surface area contributed by atoms with Gasteiger partial charge in [0, 0.05) is 11.7 Å². The molecule has 2 aromatic rings. The van der Waals surface area contributed by atoms with E-state index in [1.54, 1.807) is 23.9 Å². The number of rotatable bonds is 2. The van der Waals surface area contributed by atoms with Crippen molar-refractivity contribution < 1.29 is 4.39 Å². The largest absolute Gasteiger partial charge is 0.212 e. The van der Waals surface area contributed by atoms with E-state index in [1.165, 1.54) is 44.2 Å². The molecule has 0 N–H and O–H groups in total. The number of halogens is 1. The molecular weight excluding hydrogens is 299 g/mol. The zero-order valence-corrected chi connectivity index (χ0v) is 13.0. The molecule has 0 amide bonds. The molecule has 1 saturated carbocycles. The van der Waals surface area contributed by atoms with Crippen LogP contribution >= 0.6 is 11.8 Å². The van der Waals surface area contributed by atoms with Crippen LogP contribution in [0.2, 0.25) is 0 Å². The van der Waals surface area contributed by atoms with E-state index in [2.05, 4.69) is 10.2 Å². The van der Waals surface area contributed by atoms with E-state index in [4.69, 9.17) is 5.10 Å². The summed E-state index contributed by atoms with van der Waals surface area (Å²) in [5.74, 6) is 1.98. The Morgan fingerprint density at radius 3 is 2.59 bits per heavy atom. The molecule has 0 bridgehead atoms. The highest BCUT2D eigenvalue weighted by molar-refractivity contribution is 7.99. The molecule has 6 heteroatoms. The van der Waals surface area contributed by atoms with E-state index < -0.39 is 0 Å². The molecule has 4 rings (SSSR count). The number of aromatic nitrogens is 3. The zero-order chi connectivity index (χ0) is 14.9. The number of hydrogen-bond acceptors (Lipinski definition) is 4. The normalized spacial score (nSPS) is 18.9. The predicted octanol–water partition coefficient (Wildman–Crippen LogP) is 3.82. The van der Waals surface area contributed by atoms with Crippen LogP contribution in [0.25, 0.3) is 0 Å². The minimum absolute atomic E-state index is 0.222. The Labute approximate surface area is 132 Å². The zero-order valence-electron chi connectivity index (χ0n) is 12.2. The lowest BCUT2D eigenvalue weighted by molar-refractivity contribution is 0.417. The number of benzene rings is 1. The lowest BCUT2D eigenvalue weighted by Gasteiger charge is -2.21. The third-order valence-electron chi connectivity index (χ3n) is 4.34. The van der Waals surface area contributed by atoms with Crippen molar-refractivity contribution in [1.29, 1.82) is 0 Å². The van der Waals surface area contributed by atoms with Gasteiger partial charge in [0.15, 0.2) is 5.82 Å². The van der Waals surface area contributed by atoms with Gasteiger partial charge in [-0.3, -0.25) is 0 Å². The fourth-order valence-corrected chi connectivity index (χ4v) is 3.99. The lowest BCUT2D eigenvalue weighted by Crippen LogP contribution is -2.17. The average molecular weight is 316 g/mol. The summed E-state index contributed by atoms with van der Waals surface area (Å²) in [5, 5.41) is 14.3. The van der Waals surface area contributed by atoms with Gasteiger partial charge in [-0.1, -0.05) is 43.2 Å². The van der Waals surface area contributed by atoms with Crippen LogP contribution in [-0.4, -0.2) is 26.3 Å². The maximum absolute atomic E-state index is 13.1. The van der Waals surface area contributed by atoms with Crippen molar-refractivity contribution in [3.8, 4) is 0 Å². The summed E-state index contributed by atoms with van der Waals surface area (Å²) in [7, 11) is 0. The molecule has 1 aromatic heterocycles. The first-order chi connectivity index (χ1) is 10.8. The molecule has 1 aromatic carbocycles. The summed E-state index contributed by atoms with van der Waals surface area (Å²) in [4.78, 5) is 0. The minimum Gasteiger partial charge on any atom is -0.207 e. The van der Waals surface area contributed by atoms with Crippen LogP contribution in [0, 0.1) is 5.82 Å². The average Bonchev–Trinajstić information content (AvgIpc) is 2.99. The van der Waals surface area contributed by atoms with Crippen LogP contribution in [0.1, 0.15) is 49.4 Å². The maximum Gasteiger partial charge on any atom is 0.212 e. The third kappa shape index (κ3) is 2.56. The molecule has 1 aliphatic heterocycles. The fraction of sp³-hybridized carbons (Fsp3) is 0.438. The second kappa shape index (κ2) is 5.83. The molecule has 0 spiro atoms. The van der Waals surface area contributed by atoms with Gasteiger partial charge < -0.3 is 0 Å². The number of hydrogen-bond donors (Lipinski definition) is 0. The molecular formula is C16H17FN4S. The Balaban J connectivity index is 1.69. The van der Waals surface area contributed by atoms with Gasteiger partial charge in [-0.2, -0.15) is 9.78 Å². The highest BCUT2D eigenvalue weighted by Gasteiger charge is 2.26. The minimum atomic E-state index is -0.222. The van der Waals surface area contributed by atoms with Crippen molar-refractivity contribution in [1.82, 2.24) is 14.9 Å². The maximum atomic E-state index is 13.1. The molecule has 4 nitrogen and oxygen atoms in total. The molecule has 2 aliphatic rings. The highest BCUT2D eigenvalue weighted by Crippen LogP contribution is 2.34. The summed E-state index contributed by atoms with van der Waals surface area (Å²) in [6, 6.07) is 6.52. The van der Waals surface area contributed by atoms with Crippen LogP contribution in [0.4, 0.5) is 4.39 Å². The van der Waals surface area contributed by atoms with E-state index >= 15 is 0 Å². The first-order valence-electron chi connectivity index (χ1n) is 7.73. The molecule has 114 valence electrons. The topological polar surface area (TPSA) is 43.1 Å². The molecule has 0 unspecified atom stereocenters. The Kier molecular flexibility index (Phi) is 3.70. The second-order valence-electron chi connectivity index (χ2n) is 5.83. The van der Waals surface area contributed by atoms with E-state index in [0.717, 1.165) is 28.0 Å². The summed E-state index contributed by atoms with van der Waals surface area (Å²) in [6.07, 6.45) is 6.17. The van der Waals surface area contributed by atoms with Gasteiger partial charge in [0.25, 0.3) is 0 Å². The van der Waals surface area contributed by atoms with Gasteiger partial charge in [-0.25, -0.2) is 4.39 Å².